The molecule has 36 heavy (non-hydrogen) atoms. The number of imidazole rings is 2. The van der Waals surface area contributed by atoms with E-state index >= 15 is 0 Å². The zero-order chi connectivity index (χ0) is 25.2. The normalized spacial score (nSPS) is 11.6. The van der Waals surface area contributed by atoms with E-state index in [2.05, 4.69) is 47.9 Å². The van der Waals surface area contributed by atoms with Crippen molar-refractivity contribution in [3.8, 4) is 11.3 Å². The van der Waals surface area contributed by atoms with Crippen LogP contribution in [0.3, 0.4) is 0 Å². The van der Waals surface area contributed by atoms with Crippen LogP contribution < -0.4 is 11.2 Å². The zero-order valence-electron chi connectivity index (χ0n) is 21.3. The van der Waals surface area contributed by atoms with Crippen molar-refractivity contribution >= 4 is 16.9 Å². The molecule has 7 nitrogen and oxygen atoms in total. The molecule has 5 aromatic rings. The summed E-state index contributed by atoms with van der Waals surface area (Å²) < 4.78 is 6.53. The highest BCUT2D eigenvalue weighted by Gasteiger charge is 2.21. The highest BCUT2D eigenvalue weighted by Crippen LogP contribution is 2.27. The lowest BCUT2D eigenvalue weighted by molar-refractivity contribution is 0.632. The van der Waals surface area contributed by atoms with E-state index in [1.54, 1.807) is 7.05 Å². The number of fused-ring (bicyclic) bond motifs is 3. The molecule has 0 spiro atoms. The quantitative estimate of drug-likeness (QED) is 0.280. The van der Waals surface area contributed by atoms with Crippen molar-refractivity contribution in [1.82, 2.24) is 23.1 Å². The molecule has 0 saturated carbocycles. The molecular formula is C29H33N5O2. The van der Waals surface area contributed by atoms with Gasteiger partial charge in [-0.3, -0.25) is 18.3 Å². The maximum Gasteiger partial charge on any atom is 0.332 e. The molecule has 0 atom stereocenters. The van der Waals surface area contributed by atoms with Crippen LogP contribution in [0.1, 0.15) is 50.2 Å². The predicted molar refractivity (Wildman–Crippen MR) is 145 cm³/mol. The van der Waals surface area contributed by atoms with Gasteiger partial charge in [0.25, 0.3) is 5.56 Å². The number of unbranched alkanes of at least 4 members (excludes halogenated alkanes) is 4. The maximum atomic E-state index is 13.1. The molecule has 2 aromatic carbocycles. The highest BCUT2D eigenvalue weighted by atomic mass is 16.2. The summed E-state index contributed by atoms with van der Waals surface area (Å²) in [5.41, 5.74) is 4.60. The third kappa shape index (κ3) is 4.30. The minimum absolute atomic E-state index is 0.345. The molecule has 0 saturated heterocycles. The summed E-state index contributed by atoms with van der Waals surface area (Å²) in [4.78, 5) is 30.4. The van der Waals surface area contributed by atoms with Gasteiger partial charge in [0.15, 0.2) is 11.2 Å². The van der Waals surface area contributed by atoms with Crippen molar-refractivity contribution in [2.24, 2.45) is 14.1 Å². The van der Waals surface area contributed by atoms with Crippen LogP contribution in [0.5, 0.6) is 0 Å². The topological polar surface area (TPSA) is 66.2 Å². The van der Waals surface area contributed by atoms with Crippen LogP contribution >= 0.6 is 0 Å². The van der Waals surface area contributed by atoms with E-state index in [9.17, 15) is 9.59 Å². The Bertz CT molecular complexity index is 1620. The maximum absolute atomic E-state index is 13.1. The van der Waals surface area contributed by atoms with E-state index in [1.165, 1.54) is 49.3 Å². The second-order valence-corrected chi connectivity index (χ2v) is 9.61. The van der Waals surface area contributed by atoms with Crippen molar-refractivity contribution in [2.75, 3.05) is 0 Å². The van der Waals surface area contributed by atoms with Crippen LogP contribution in [0.2, 0.25) is 0 Å². The lowest BCUT2D eigenvalue weighted by Gasteiger charge is -2.10. The highest BCUT2D eigenvalue weighted by molar-refractivity contribution is 5.78. The molecule has 186 valence electrons. The molecule has 0 fully saturated rings. The Morgan fingerprint density at radius 3 is 2.25 bits per heavy atom. The predicted octanol–water partition coefficient (Wildman–Crippen LogP) is 4.91. The van der Waals surface area contributed by atoms with Crippen LogP contribution in [0.25, 0.3) is 28.2 Å². The van der Waals surface area contributed by atoms with Crippen molar-refractivity contribution in [3.05, 3.63) is 92.8 Å². The molecule has 0 bridgehead atoms. The molecule has 3 heterocycles. The lowest BCUT2D eigenvalue weighted by atomic mass is 10.0. The third-order valence-corrected chi connectivity index (χ3v) is 7.06. The Balaban J connectivity index is 1.59. The fraction of sp³-hybridized carbons (Fsp3) is 0.345. The molecule has 0 radical (unpaired) electrons. The summed E-state index contributed by atoms with van der Waals surface area (Å²) in [5, 5.41) is 0. The van der Waals surface area contributed by atoms with Gasteiger partial charge in [-0.1, -0.05) is 87.2 Å². The summed E-state index contributed by atoms with van der Waals surface area (Å²) in [6.07, 6.45) is 9.43. The Kier molecular flexibility index (Phi) is 6.63. The SMILES string of the molecule is CCCCCCCc1ccc(-c2cn3c4c(=O)n(C)c(=O)n(C)c4nc3n2Cc2ccccc2)cc1. The van der Waals surface area contributed by atoms with Crippen LogP contribution in [0.4, 0.5) is 0 Å². The molecule has 0 N–H and O–H groups in total. The largest absolute Gasteiger partial charge is 0.332 e. The zero-order valence-corrected chi connectivity index (χ0v) is 21.3. The van der Waals surface area contributed by atoms with Gasteiger partial charge in [0.2, 0.25) is 5.78 Å². The minimum Gasteiger partial charge on any atom is -0.305 e. The first-order valence-corrected chi connectivity index (χ1v) is 12.8. The number of benzene rings is 2. The van der Waals surface area contributed by atoms with Gasteiger partial charge < -0.3 is 4.57 Å². The standard InChI is InChI=1S/C29H33N5O2/c1-4-5-6-7-9-12-21-15-17-23(18-16-21)24-20-34-25-26(31(2)29(36)32(3)27(25)35)30-28(34)33(24)19-22-13-10-8-11-14-22/h8,10-11,13-18,20H,4-7,9,12,19H2,1-3H3. The van der Waals surface area contributed by atoms with Crippen LogP contribution in [-0.2, 0) is 27.1 Å². The Morgan fingerprint density at radius 1 is 0.806 bits per heavy atom. The van der Waals surface area contributed by atoms with Crippen molar-refractivity contribution in [3.63, 3.8) is 0 Å². The Morgan fingerprint density at radius 2 is 1.53 bits per heavy atom. The third-order valence-electron chi connectivity index (χ3n) is 7.06. The average molecular weight is 484 g/mol. The first-order valence-electron chi connectivity index (χ1n) is 12.8. The van der Waals surface area contributed by atoms with E-state index in [-0.39, 0.29) is 11.2 Å². The minimum atomic E-state index is -0.381. The summed E-state index contributed by atoms with van der Waals surface area (Å²) >= 11 is 0. The number of nitrogens with zero attached hydrogens (tertiary/aromatic N) is 5. The fourth-order valence-corrected chi connectivity index (χ4v) is 4.94. The molecule has 0 amide bonds. The summed E-state index contributed by atoms with van der Waals surface area (Å²) in [6.45, 7) is 2.84. The van der Waals surface area contributed by atoms with Crippen molar-refractivity contribution in [2.45, 2.75) is 52.0 Å². The smallest absolute Gasteiger partial charge is 0.305 e. The van der Waals surface area contributed by atoms with Gasteiger partial charge in [0.1, 0.15) is 0 Å². The Hall–Kier alpha value is -3.87. The van der Waals surface area contributed by atoms with E-state index in [0.717, 1.165) is 27.8 Å². The van der Waals surface area contributed by atoms with E-state index in [4.69, 9.17) is 4.98 Å². The van der Waals surface area contributed by atoms with E-state index in [1.807, 2.05) is 28.8 Å². The molecule has 0 aliphatic rings. The monoisotopic (exact) mass is 483 g/mol. The summed E-state index contributed by atoms with van der Waals surface area (Å²) in [7, 11) is 3.16. The summed E-state index contributed by atoms with van der Waals surface area (Å²) in [5.74, 6) is 0.641. The van der Waals surface area contributed by atoms with E-state index in [0.29, 0.717) is 23.5 Å². The molecule has 0 unspecified atom stereocenters. The lowest BCUT2D eigenvalue weighted by Crippen LogP contribution is -2.37. The average Bonchev–Trinajstić information content (AvgIpc) is 3.44. The second-order valence-electron chi connectivity index (χ2n) is 9.61. The van der Waals surface area contributed by atoms with Gasteiger partial charge in [-0.25, -0.2) is 4.79 Å². The number of rotatable bonds is 9. The van der Waals surface area contributed by atoms with Crippen LogP contribution in [0.15, 0.2) is 70.4 Å². The van der Waals surface area contributed by atoms with Crippen molar-refractivity contribution < 1.29 is 0 Å². The molecule has 0 aliphatic carbocycles. The molecule has 5 rings (SSSR count). The van der Waals surface area contributed by atoms with Crippen molar-refractivity contribution in [1.29, 1.82) is 0 Å². The van der Waals surface area contributed by atoms with Gasteiger partial charge in [0, 0.05) is 20.3 Å². The summed E-state index contributed by atoms with van der Waals surface area (Å²) in [6, 6.07) is 18.9. The van der Waals surface area contributed by atoms with E-state index < -0.39 is 0 Å². The first kappa shape index (κ1) is 23.9. The molecular weight excluding hydrogens is 450 g/mol. The first-order chi connectivity index (χ1) is 17.5. The van der Waals surface area contributed by atoms with Crippen LogP contribution in [-0.4, -0.2) is 23.1 Å². The van der Waals surface area contributed by atoms with Gasteiger partial charge >= 0.3 is 5.69 Å². The number of aromatic nitrogens is 5. The number of hydrogen-bond acceptors (Lipinski definition) is 3. The second kappa shape index (κ2) is 10.0. The molecule has 7 heteroatoms. The Labute approximate surface area is 210 Å². The number of hydrogen-bond donors (Lipinski definition) is 0. The van der Waals surface area contributed by atoms with Gasteiger partial charge in [0.05, 0.1) is 12.2 Å². The van der Waals surface area contributed by atoms with Gasteiger partial charge in [-0.2, -0.15) is 4.98 Å². The van der Waals surface area contributed by atoms with Gasteiger partial charge in [-0.05, 0) is 29.5 Å². The number of aryl methyl sites for hydroxylation is 2. The van der Waals surface area contributed by atoms with Gasteiger partial charge in [-0.15, -0.1) is 0 Å². The van der Waals surface area contributed by atoms with Crippen LogP contribution in [0, 0.1) is 0 Å². The fourth-order valence-electron chi connectivity index (χ4n) is 4.94. The molecule has 0 aliphatic heterocycles. The molecule has 3 aromatic heterocycles.